The third-order valence-corrected chi connectivity index (χ3v) is 5.17. The minimum absolute atomic E-state index is 0.0759. The van der Waals surface area contributed by atoms with Crippen LogP contribution in [0.1, 0.15) is 25.7 Å². The van der Waals surface area contributed by atoms with Crippen LogP contribution in [0.15, 0.2) is 29.6 Å². The maximum atomic E-state index is 12.4. The van der Waals surface area contributed by atoms with Gasteiger partial charge in [-0.15, -0.1) is 11.3 Å². The number of nitrogens with one attached hydrogen (secondary N) is 1. The number of anilines is 1. The van der Waals surface area contributed by atoms with Crippen molar-refractivity contribution in [2.24, 2.45) is 17.6 Å². The van der Waals surface area contributed by atoms with Crippen LogP contribution in [0.25, 0.3) is 10.1 Å². The van der Waals surface area contributed by atoms with Gasteiger partial charge in [0.05, 0.1) is 0 Å². The van der Waals surface area contributed by atoms with E-state index in [1.54, 1.807) is 11.3 Å². The number of fused-ring (bicyclic) bond motifs is 1. The first kappa shape index (κ1) is 13.6. The molecule has 2 atom stereocenters. The van der Waals surface area contributed by atoms with Crippen LogP contribution in [0.5, 0.6) is 0 Å². The van der Waals surface area contributed by atoms with Crippen LogP contribution >= 0.6 is 11.3 Å². The maximum Gasteiger partial charge on any atom is 0.227 e. The number of carbonyl (C=O) groups is 1. The number of benzene rings is 1. The maximum absolute atomic E-state index is 12.4. The second-order valence-electron chi connectivity index (χ2n) is 5.55. The minimum Gasteiger partial charge on any atom is -0.330 e. The van der Waals surface area contributed by atoms with Gasteiger partial charge in [-0.1, -0.05) is 12.8 Å². The SMILES string of the molecule is NCC1CCCCC1C(=O)Nc1ccc2sccc2c1. The highest BCUT2D eigenvalue weighted by molar-refractivity contribution is 7.17. The van der Waals surface area contributed by atoms with Crippen LogP contribution in [0, 0.1) is 11.8 Å². The van der Waals surface area contributed by atoms with Crippen molar-refractivity contribution in [3.63, 3.8) is 0 Å². The van der Waals surface area contributed by atoms with Gasteiger partial charge in [-0.05, 0) is 60.3 Å². The lowest BCUT2D eigenvalue weighted by Crippen LogP contribution is -2.35. The Morgan fingerprint density at radius 3 is 3.00 bits per heavy atom. The lowest BCUT2D eigenvalue weighted by Gasteiger charge is -2.29. The molecular weight excluding hydrogens is 268 g/mol. The molecule has 1 aliphatic rings. The Morgan fingerprint density at radius 1 is 1.30 bits per heavy atom. The Morgan fingerprint density at radius 2 is 2.15 bits per heavy atom. The predicted molar refractivity (Wildman–Crippen MR) is 85.0 cm³/mol. The van der Waals surface area contributed by atoms with Gasteiger partial charge in [-0.25, -0.2) is 0 Å². The van der Waals surface area contributed by atoms with Gasteiger partial charge in [-0.3, -0.25) is 4.79 Å². The smallest absolute Gasteiger partial charge is 0.227 e. The zero-order valence-corrected chi connectivity index (χ0v) is 12.3. The second kappa shape index (κ2) is 5.94. The number of amides is 1. The monoisotopic (exact) mass is 288 g/mol. The molecule has 1 fully saturated rings. The van der Waals surface area contributed by atoms with E-state index < -0.39 is 0 Å². The van der Waals surface area contributed by atoms with Gasteiger partial charge in [0.2, 0.25) is 5.91 Å². The molecule has 0 saturated heterocycles. The van der Waals surface area contributed by atoms with E-state index >= 15 is 0 Å². The predicted octanol–water partition coefficient (Wildman–Crippen LogP) is 3.60. The first-order valence-electron chi connectivity index (χ1n) is 7.26. The van der Waals surface area contributed by atoms with Gasteiger partial charge in [0.1, 0.15) is 0 Å². The zero-order chi connectivity index (χ0) is 13.9. The Labute approximate surface area is 123 Å². The van der Waals surface area contributed by atoms with Crippen molar-refractivity contribution in [3.05, 3.63) is 29.6 Å². The van der Waals surface area contributed by atoms with Crippen molar-refractivity contribution >= 4 is 33.0 Å². The number of carbonyl (C=O) groups excluding carboxylic acids is 1. The van der Waals surface area contributed by atoms with Crippen molar-refractivity contribution in [3.8, 4) is 0 Å². The molecule has 1 amide bonds. The molecule has 4 heteroatoms. The van der Waals surface area contributed by atoms with Crippen LogP contribution in [-0.2, 0) is 4.79 Å². The van der Waals surface area contributed by atoms with Gasteiger partial charge in [0.25, 0.3) is 0 Å². The van der Waals surface area contributed by atoms with Crippen molar-refractivity contribution in [2.45, 2.75) is 25.7 Å². The standard InChI is InChI=1S/C16H20N2OS/c17-10-12-3-1-2-4-14(12)16(19)18-13-5-6-15-11(9-13)7-8-20-15/h5-9,12,14H,1-4,10,17H2,(H,18,19). The highest BCUT2D eigenvalue weighted by atomic mass is 32.1. The summed E-state index contributed by atoms with van der Waals surface area (Å²) in [5.41, 5.74) is 6.70. The summed E-state index contributed by atoms with van der Waals surface area (Å²) in [6.07, 6.45) is 4.39. The number of hydrogen-bond acceptors (Lipinski definition) is 3. The molecule has 2 unspecified atom stereocenters. The summed E-state index contributed by atoms with van der Waals surface area (Å²) < 4.78 is 1.25. The van der Waals surface area contributed by atoms with E-state index in [9.17, 15) is 4.79 Å². The molecule has 2 aromatic rings. The fourth-order valence-corrected chi connectivity index (χ4v) is 3.89. The molecule has 1 aliphatic carbocycles. The van der Waals surface area contributed by atoms with Gasteiger partial charge in [0, 0.05) is 16.3 Å². The molecule has 0 bridgehead atoms. The lowest BCUT2D eigenvalue weighted by molar-refractivity contribution is -0.122. The third-order valence-electron chi connectivity index (χ3n) is 4.27. The average Bonchev–Trinajstić information content (AvgIpc) is 2.94. The zero-order valence-electron chi connectivity index (χ0n) is 11.5. The highest BCUT2D eigenvalue weighted by Gasteiger charge is 2.29. The van der Waals surface area contributed by atoms with E-state index in [-0.39, 0.29) is 11.8 Å². The summed E-state index contributed by atoms with van der Waals surface area (Å²) >= 11 is 1.72. The fraction of sp³-hybridized carbons (Fsp3) is 0.438. The van der Waals surface area contributed by atoms with E-state index in [0.29, 0.717) is 12.5 Å². The molecule has 1 aromatic carbocycles. The Kier molecular flexibility index (Phi) is 4.03. The Hall–Kier alpha value is -1.39. The quantitative estimate of drug-likeness (QED) is 0.906. The first-order chi connectivity index (χ1) is 9.78. The minimum atomic E-state index is 0.0759. The van der Waals surface area contributed by atoms with E-state index in [2.05, 4.69) is 22.8 Å². The fourth-order valence-electron chi connectivity index (χ4n) is 3.11. The van der Waals surface area contributed by atoms with Crippen LogP contribution in [0.3, 0.4) is 0 Å². The van der Waals surface area contributed by atoms with E-state index in [1.165, 1.54) is 16.5 Å². The summed E-state index contributed by atoms with van der Waals surface area (Å²) in [7, 11) is 0. The van der Waals surface area contributed by atoms with Crippen LogP contribution < -0.4 is 11.1 Å². The molecular formula is C16H20N2OS. The van der Waals surface area contributed by atoms with Crippen LogP contribution in [0.4, 0.5) is 5.69 Å². The van der Waals surface area contributed by atoms with Crippen LogP contribution in [-0.4, -0.2) is 12.5 Å². The Bertz CT molecular complexity index is 607. The normalized spacial score (nSPS) is 22.9. The van der Waals surface area contributed by atoms with E-state index in [4.69, 9.17) is 5.73 Å². The van der Waals surface area contributed by atoms with Gasteiger partial charge in [-0.2, -0.15) is 0 Å². The molecule has 3 rings (SSSR count). The molecule has 0 spiro atoms. The molecule has 3 nitrogen and oxygen atoms in total. The molecule has 0 aliphatic heterocycles. The third kappa shape index (κ3) is 2.72. The van der Waals surface area contributed by atoms with E-state index in [0.717, 1.165) is 24.9 Å². The molecule has 20 heavy (non-hydrogen) atoms. The van der Waals surface area contributed by atoms with Gasteiger partial charge >= 0.3 is 0 Å². The van der Waals surface area contributed by atoms with E-state index in [1.807, 2.05) is 12.1 Å². The van der Waals surface area contributed by atoms with Crippen molar-refractivity contribution in [1.82, 2.24) is 0 Å². The summed E-state index contributed by atoms with van der Waals surface area (Å²) in [6, 6.07) is 8.18. The van der Waals surface area contributed by atoms with Crippen LogP contribution in [0.2, 0.25) is 0 Å². The largest absolute Gasteiger partial charge is 0.330 e. The van der Waals surface area contributed by atoms with Gasteiger partial charge < -0.3 is 11.1 Å². The number of hydrogen-bond donors (Lipinski definition) is 2. The second-order valence-corrected chi connectivity index (χ2v) is 6.50. The summed E-state index contributed by atoms with van der Waals surface area (Å²) in [6.45, 7) is 0.613. The highest BCUT2D eigenvalue weighted by Crippen LogP contribution is 2.31. The Balaban J connectivity index is 1.73. The summed E-state index contributed by atoms with van der Waals surface area (Å²) in [4.78, 5) is 12.4. The molecule has 3 N–H and O–H groups in total. The molecule has 106 valence electrons. The van der Waals surface area contributed by atoms with Crippen molar-refractivity contribution in [1.29, 1.82) is 0 Å². The number of nitrogens with two attached hydrogens (primary N) is 1. The average molecular weight is 288 g/mol. The first-order valence-corrected chi connectivity index (χ1v) is 8.14. The lowest BCUT2D eigenvalue weighted by atomic mass is 9.78. The van der Waals surface area contributed by atoms with Crippen molar-refractivity contribution in [2.75, 3.05) is 11.9 Å². The summed E-state index contributed by atoms with van der Waals surface area (Å²) in [5.74, 6) is 0.551. The molecule has 1 aromatic heterocycles. The summed E-state index contributed by atoms with van der Waals surface area (Å²) in [5, 5.41) is 6.33. The number of thiophene rings is 1. The number of rotatable bonds is 3. The molecule has 1 heterocycles. The van der Waals surface area contributed by atoms with Gasteiger partial charge in [0.15, 0.2) is 0 Å². The van der Waals surface area contributed by atoms with Crippen molar-refractivity contribution < 1.29 is 4.79 Å². The topological polar surface area (TPSA) is 55.1 Å². The molecule has 1 saturated carbocycles. The molecule has 0 radical (unpaired) electrons.